The molecule has 3 aromatic rings. The van der Waals surface area contributed by atoms with Crippen molar-refractivity contribution >= 4 is 17.3 Å². The smallest absolute Gasteiger partial charge is 0.262 e. The molecular weight excluding hydrogens is 314 g/mol. The molecule has 1 aliphatic heterocycles. The maximum Gasteiger partial charge on any atom is 0.262 e. The van der Waals surface area contributed by atoms with Gasteiger partial charge in [0.25, 0.3) is 5.91 Å². The number of nitrogens with one attached hydrogen (secondary N) is 1. The summed E-state index contributed by atoms with van der Waals surface area (Å²) in [6.45, 7) is 0. The summed E-state index contributed by atoms with van der Waals surface area (Å²) in [4.78, 5) is 19.0. The topological polar surface area (TPSA) is 54.5 Å². The number of carbonyl (C=O) groups is 1. The molecule has 1 aliphatic rings. The second-order valence-electron chi connectivity index (χ2n) is 5.75. The van der Waals surface area contributed by atoms with Gasteiger partial charge in [-0.15, -0.1) is 0 Å². The average Bonchev–Trinajstić information content (AvgIpc) is 2.69. The lowest BCUT2D eigenvalue weighted by Gasteiger charge is -2.38. The van der Waals surface area contributed by atoms with Crippen molar-refractivity contribution < 1.29 is 9.53 Å². The average molecular weight is 331 g/mol. The van der Waals surface area contributed by atoms with E-state index < -0.39 is 0 Å². The molecule has 25 heavy (non-hydrogen) atoms. The summed E-state index contributed by atoms with van der Waals surface area (Å²) in [7, 11) is 1.62. The van der Waals surface area contributed by atoms with Gasteiger partial charge >= 0.3 is 0 Å². The van der Waals surface area contributed by atoms with Crippen molar-refractivity contribution in [2.24, 2.45) is 0 Å². The summed E-state index contributed by atoms with van der Waals surface area (Å²) in [5.41, 5.74) is 3.26. The molecule has 1 amide bonds. The van der Waals surface area contributed by atoms with Crippen LogP contribution >= 0.6 is 0 Å². The van der Waals surface area contributed by atoms with Crippen molar-refractivity contribution in [3.8, 4) is 5.75 Å². The molecule has 0 fully saturated rings. The zero-order valence-corrected chi connectivity index (χ0v) is 13.7. The van der Waals surface area contributed by atoms with Crippen LogP contribution in [-0.2, 0) is 0 Å². The van der Waals surface area contributed by atoms with Gasteiger partial charge in [-0.05, 0) is 54.1 Å². The first-order valence-corrected chi connectivity index (χ1v) is 8.01. The van der Waals surface area contributed by atoms with Crippen molar-refractivity contribution in [2.75, 3.05) is 17.3 Å². The van der Waals surface area contributed by atoms with Crippen molar-refractivity contribution in [3.05, 3.63) is 84.2 Å². The molecule has 0 saturated heterocycles. The quantitative estimate of drug-likeness (QED) is 0.792. The number of carbonyl (C=O) groups excluding carboxylic acids is 1. The van der Waals surface area contributed by atoms with E-state index in [-0.39, 0.29) is 12.1 Å². The lowest BCUT2D eigenvalue weighted by atomic mass is 10.0. The number of amides is 1. The van der Waals surface area contributed by atoms with Gasteiger partial charge in [0.1, 0.15) is 11.9 Å². The van der Waals surface area contributed by atoms with Crippen LogP contribution in [-0.4, -0.2) is 18.0 Å². The Morgan fingerprint density at radius 1 is 1.00 bits per heavy atom. The summed E-state index contributed by atoms with van der Waals surface area (Å²) >= 11 is 0. The molecule has 0 radical (unpaired) electrons. The first kappa shape index (κ1) is 15.2. The minimum atomic E-state index is -0.307. The summed E-state index contributed by atoms with van der Waals surface area (Å²) in [6, 6.07) is 18.9. The molecule has 0 bridgehead atoms. The Balaban J connectivity index is 1.83. The highest BCUT2D eigenvalue weighted by atomic mass is 16.5. The van der Waals surface area contributed by atoms with Crippen LogP contribution in [0.1, 0.15) is 22.1 Å². The highest BCUT2D eigenvalue weighted by molar-refractivity contribution is 6.12. The normalized spacial score (nSPS) is 16.1. The van der Waals surface area contributed by atoms with E-state index in [2.05, 4.69) is 10.3 Å². The van der Waals surface area contributed by atoms with Crippen LogP contribution in [0.2, 0.25) is 0 Å². The predicted molar refractivity (Wildman–Crippen MR) is 96.8 cm³/mol. The van der Waals surface area contributed by atoms with E-state index in [1.54, 1.807) is 24.4 Å². The van der Waals surface area contributed by atoms with Gasteiger partial charge in [0.15, 0.2) is 0 Å². The number of methoxy groups -OCH3 is 1. The molecule has 4 rings (SSSR count). The van der Waals surface area contributed by atoms with Crippen LogP contribution in [0.25, 0.3) is 0 Å². The number of para-hydroxylation sites is 1. The molecule has 0 aliphatic carbocycles. The summed E-state index contributed by atoms with van der Waals surface area (Å²) in [6.07, 6.45) is 3.15. The molecule has 1 atom stereocenters. The van der Waals surface area contributed by atoms with E-state index in [0.717, 1.165) is 22.7 Å². The lowest BCUT2D eigenvalue weighted by Crippen LogP contribution is -2.43. The first-order valence-electron chi connectivity index (χ1n) is 8.01. The number of hydrogen-bond acceptors (Lipinski definition) is 4. The maximum atomic E-state index is 13.2. The van der Waals surface area contributed by atoms with Crippen LogP contribution in [0.15, 0.2) is 73.1 Å². The van der Waals surface area contributed by atoms with Crippen molar-refractivity contribution in [1.29, 1.82) is 0 Å². The predicted octanol–water partition coefficient (Wildman–Crippen LogP) is 3.86. The Morgan fingerprint density at radius 3 is 2.44 bits per heavy atom. The Morgan fingerprint density at radius 2 is 1.72 bits per heavy atom. The fourth-order valence-electron chi connectivity index (χ4n) is 3.04. The van der Waals surface area contributed by atoms with Crippen molar-refractivity contribution in [2.45, 2.75) is 6.17 Å². The molecule has 1 N–H and O–H groups in total. The third-order valence-electron chi connectivity index (χ3n) is 4.30. The number of anilines is 2. The van der Waals surface area contributed by atoms with Gasteiger partial charge in [-0.25, -0.2) is 0 Å². The van der Waals surface area contributed by atoms with Crippen LogP contribution in [0.3, 0.4) is 0 Å². The van der Waals surface area contributed by atoms with Gasteiger partial charge in [-0.2, -0.15) is 0 Å². The number of benzene rings is 2. The minimum absolute atomic E-state index is 0.0404. The maximum absolute atomic E-state index is 13.2. The SMILES string of the molecule is COc1ccc(N2C(=O)c3ccccc3N[C@H]2c2ccncc2)cc1. The standard InChI is InChI=1S/C20H17N3O2/c1-25-16-8-6-15(7-9-16)23-19(14-10-12-21-13-11-14)22-18-5-3-2-4-17(18)20(23)24/h2-13,19,22H,1H3/t19-/m1/s1. The Labute approximate surface area is 145 Å². The zero-order chi connectivity index (χ0) is 17.2. The number of ether oxygens (including phenoxy) is 1. The van der Waals surface area contributed by atoms with E-state index in [9.17, 15) is 4.79 Å². The highest BCUT2D eigenvalue weighted by Gasteiger charge is 2.33. The van der Waals surface area contributed by atoms with Crippen LogP contribution in [0.4, 0.5) is 11.4 Å². The number of fused-ring (bicyclic) bond motifs is 1. The third kappa shape index (κ3) is 2.70. The number of hydrogen-bond donors (Lipinski definition) is 1. The minimum Gasteiger partial charge on any atom is -0.497 e. The van der Waals surface area contributed by atoms with Gasteiger partial charge in [0.05, 0.1) is 12.7 Å². The van der Waals surface area contributed by atoms with E-state index in [0.29, 0.717) is 5.56 Å². The van der Waals surface area contributed by atoms with Gasteiger partial charge in [-0.1, -0.05) is 12.1 Å². The summed E-state index contributed by atoms with van der Waals surface area (Å²) in [5, 5.41) is 3.47. The molecule has 2 heterocycles. The fourth-order valence-corrected chi connectivity index (χ4v) is 3.04. The third-order valence-corrected chi connectivity index (χ3v) is 4.30. The highest BCUT2D eigenvalue weighted by Crippen LogP contribution is 2.36. The molecule has 124 valence electrons. The molecule has 2 aromatic carbocycles. The molecule has 5 nitrogen and oxygen atoms in total. The number of nitrogens with zero attached hydrogens (tertiary/aromatic N) is 2. The Hall–Kier alpha value is -3.34. The molecule has 0 saturated carbocycles. The number of rotatable bonds is 3. The number of aromatic nitrogens is 1. The lowest BCUT2D eigenvalue weighted by molar-refractivity contribution is 0.0975. The summed E-state index contributed by atoms with van der Waals surface area (Å²) < 4.78 is 5.22. The van der Waals surface area contributed by atoms with E-state index >= 15 is 0 Å². The van der Waals surface area contributed by atoms with Gasteiger partial charge < -0.3 is 10.1 Å². The van der Waals surface area contributed by atoms with Crippen molar-refractivity contribution in [1.82, 2.24) is 4.98 Å². The Bertz CT molecular complexity index is 894. The van der Waals surface area contributed by atoms with Crippen LogP contribution in [0, 0.1) is 0 Å². The fraction of sp³-hybridized carbons (Fsp3) is 0.100. The van der Waals surface area contributed by atoms with Gasteiger partial charge in [0, 0.05) is 23.8 Å². The second kappa shape index (κ2) is 6.28. The van der Waals surface area contributed by atoms with E-state index in [4.69, 9.17) is 4.74 Å². The van der Waals surface area contributed by atoms with E-state index in [1.165, 1.54) is 0 Å². The van der Waals surface area contributed by atoms with Crippen LogP contribution in [0.5, 0.6) is 5.75 Å². The summed E-state index contributed by atoms with van der Waals surface area (Å²) in [5.74, 6) is 0.711. The van der Waals surface area contributed by atoms with E-state index in [1.807, 2.05) is 60.7 Å². The van der Waals surface area contributed by atoms with Gasteiger partial charge in [-0.3, -0.25) is 14.7 Å². The zero-order valence-electron chi connectivity index (χ0n) is 13.7. The monoisotopic (exact) mass is 331 g/mol. The van der Waals surface area contributed by atoms with Crippen LogP contribution < -0.4 is 15.0 Å². The first-order chi connectivity index (χ1) is 12.3. The van der Waals surface area contributed by atoms with Gasteiger partial charge in [0.2, 0.25) is 0 Å². The molecule has 0 spiro atoms. The molecule has 5 heteroatoms. The molecule has 1 aromatic heterocycles. The number of pyridine rings is 1. The molecule has 0 unspecified atom stereocenters. The molecular formula is C20H17N3O2. The largest absolute Gasteiger partial charge is 0.497 e. The van der Waals surface area contributed by atoms with Crippen molar-refractivity contribution in [3.63, 3.8) is 0 Å². The Kier molecular flexibility index (Phi) is 3.82. The second-order valence-corrected chi connectivity index (χ2v) is 5.75.